The molecule has 3 heteroatoms. The van der Waals surface area contributed by atoms with Crippen molar-refractivity contribution in [2.75, 3.05) is 13.1 Å². The van der Waals surface area contributed by atoms with Crippen molar-refractivity contribution in [2.45, 2.75) is 52.6 Å². The van der Waals surface area contributed by atoms with Crippen LogP contribution in [-0.4, -0.2) is 36.0 Å². The van der Waals surface area contributed by atoms with Crippen LogP contribution in [0.15, 0.2) is 11.6 Å². The van der Waals surface area contributed by atoms with Gasteiger partial charge in [-0.05, 0) is 40.5 Å². The van der Waals surface area contributed by atoms with E-state index in [1.165, 1.54) is 0 Å². The molecule has 1 aliphatic rings. The van der Waals surface area contributed by atoms with Crippen molar-refractivity contribution in [1.29, 1.82) is 0 Å². The Balaban J connectivity index is 2.35. The fraction of sp³-hybridized carbons (Fsp3) is 0.769. The Bertz CT molecular complexity index is 263. The van der Waals surface area contributed by atoms with Crippen molar-refractivity contribution in [3.63, 3.8) is 0 Å². The van der Waals surface area contributed by atoms with Gasteiger partial charge >= 0.3 is 0 Å². The number of carbonyl (C=O) groups excluding carboxylic acids is 1. The molecule has 1 heterocycles. The van der Waals surface area contributed by atoms with Gasteiger partial charge in [0.05, 0.1) is 0 Å². The smallest absolute Gasteiger partial charge is 0.246 e. The van der Waals surface area contributed by atoms with Gasteiger partial charge in [-0.3, -0.25) is 4.79 Å². The average molecular weight is 224 g/mol. The number of piperidine rings is 1. The summed E-state index contributed by atoms with van der Waals surface area (Å²) in [4.78, 5) is 14.1. The highest BCUT2D eigenvalue weighted by Crippen LogP contribution is 2.13. The summed E-state index contributed by atoms with van der Waals surface area (Å²) in [6.45, 7) is 10.4. The highest BCUT2D eigenvalue weighted by molar-refractivity contribution is 5.92. The van der Waals surface area contributed by atoms with Gasteiger partial charge < -0.3 is 10.2 Å². The van der Waals surface area contributed by atoms with E-state index in [0.717, 1.165) is 31.5 Å². The molecule has 0 radical (unpaired) electrons. The third-order valence-electron chi connectivity index (χ3n) is 3.39. The molecule has 1 rings (SSSR count). The SMILES string of the molecule is CC=C(C)C(=O)NC1CCN(C(C)C)CC1. The van der Waals surface area contributed by atoms with Crippen molar-refractivity contribution >= 4 is 5.91 Å². The summed E-state index contributed by atoms with van der Waals surface area (Å²) in [5.41, 5.74) is 0.811. The summed E-state index contributed by atoms with van der Waals surface area (Å²) in [5.74, 6) is 0.0884. The molecule has 1 amide bonds. The van der Waals surface area contributed by atoms with Crippen LogP contribution in [0.1, 0.15) is 40.5 Å². The lowest BCUT2D eigenvalue weighted by molar-refractivity contribution is -0.118. The van der Waals surface area contributed by atoms with Gasteiger partial charge in [-0.15, -0.1) is 0 Å². The Hall–Kier alpha value is -0.830. The lowest BCUT2D eigenvalue weighted by atomic mass is 10.0. The summed E-state index contributed by atoms with van der Waals surface area (Å²) in [5, 5.41) is 3.10. The minimum atomic E-state index is 0.0884. The lowest BCUT2D eigenvalue weighted by Gasteiger charge is -2.34. The fourth-order valence-electron chi connectivity index (χ4n) is 1.99. The maximum atomic E-state index is 11.7. The van der Waals surface area contributed by atoms with Gasteiger partial charge in [-0.1, -0.05) is 6.08 Å². The summed E-state index contributed by atoms with van der Waals surface area (Å²) in [6.07, 6.45) is 4.00. The van der Waals surface area contributed by atoms with Crippen molar-refractivity contribution in [1.82, 2.24) is 10.2 Å². The molecule has 0 saturated carbocycles. The van der Waals surface area contributed by atoms with Crippen LogP contribution < -0.4 is 5.32 Å². The van der Waals surface area contributed by atoms with Crippen LogP contribution in [0.4, 0.5) is 0 Å². The van der Waals surface area contributed by atoms with E-state index >= 15 is 0 Å². The van der Waals surface area contributed by atoms with Crippen LogP contribution in [0, 0.1) is 0 Å². The molecular formula is C13H24N2O. The number of hydrogen-bond donors (Lipinski definition) is 1. The topological polar surface area (TPSA) is 32.3 Å². The Morgan fingerprint density at radius 3 is 2.38 bits per heavy atom. The maximum Gasteiger partial charge on any atom is 0.246 e. The Labute approximate surface area is 98.9 Å². The molecule has 0 aliphatic carbocycles. The third-order valence-corrected chi connectivity index (χ3v) is 3.39. The molecule has 92 valence electrons. The largest absolute Gasteiger partial charge is 0.350 e. The summed E-state index contributed by atoms with van der Waals surface area (Å²) in [7, 11) is 0. The van der Waals surface area contributed by atoms with Gasteiger partial charge in [0.1, 0.15) is 0 Å². The fourth-order valence-corrected chi connectivity index (χ4v) is 1.99. The summed E-state index contributed by atoms with van der Waals surface area (Å²) < 4.78 is 0. The summed E-state index contributed by atoms with van der Waals surface area (Å²) >= 11 is 0. The molecule has 3 nitrogen and oxygen atoms in total. The van der Waals surface area contributed by atoms with Crippen molar-refractivity contribution in [3.05, 3.63) is 11.6 Å². The molecule has 1 aliphatic heterocycles. The zero-order valence-electron chi connectivity index (χ0n) is 10.9. The molecule has 1 fully saturated rings. The second-order valence-electron chi connectivity index (χ2n) is 4.85. The Kier molecular flexibility index (Phi) is 5.00. The van der Waals surface area contributed by atoms with E-state index < -0.39 is 0 Å². The molecule has 0 aromatic rings. The molecular weight excluding hydrogens is 200 g/mol. The zero-order chi connectivity index (χ0) is 12.1. The van der Waals surface area contributed by atoms with Gasteiger partial charge in [0.2, 0.25) is 5.91 Å². The quantitative estimate of drug-likeness (QED) is 0.743. The number of nitrogens with zero attached hydrogens (tertiary/aromatic N) is 1. The minimum Gasteiger partial charge on any atom is -0.350 e. The zero-order valence-corrected chi connectivity index (χ0v) is 10.9. The van der Waals surface area contributed by atoms with E-state index in [9.17, 15) is 4.79 Å². The molecule has 1 N–H and O–H groups in total. The molecule has 0 aromatic carbocycles. The molecule has 0 spiro atoms. The number of hydrogen-bond acceptors (Lipinski definition) is 2. The number of nitrogens with one attached hydrogen (secondary N) is 1. The number of amides is 1. The van der Waals surface area contributed by atoms with Crippen LogP contribution in [0.5, 0.6) is 0 Å². The lowest BCUT2D eigenvalue weighted by Crippen LogP contribution is -2.46. The predicted octanol–water partition coefficient (Wildman–Crippen LogP) is 1.94. The van der Waals surface area contributed by atoms with E-state index in [0.29, 0.717) is 12.1 Å². The van der Waals surface area contributed by atoms with Crippen LogP contribution in [0.2, 0.25) is 0 Å². The van der Waals surface area contributed by atoms with Gasteiger partial charge in [-0.25, -0.2) is 0 Å². The molecule has 0 unspecified atom stereocenters. The van der Waals surface area contributed by atoms with Gasteiger partial charge in [-0.2, -0.15) is 0 Å². The van der Waals surface area contributed by atoms with Gasteiger partial charge in [0.25, 0.3) is 0 Å². The molecule has 0 atom stereocenters. The van der Waals surface area contributed by atoms with Crippen molar-refractivity contribution in [3.8, 4) is 0 Å². The molecule has 0 bridgehead atoms. The van der Waals surface area contributed by atoms with Crippen molar-refractivity contribution in [2.24, 2.45) is 0 Å². The highest BCUT2D eigenvalue weighted by Gasteiger charge is 2.21. The standard InChI is InChI=1S/C13H24N2O/c1-5-11(4)13(16)14-12-6-8-15(9-7-12)10(2)3/h5,10,12H,6-9H2,1-4H3,(H,14,16). The van der Waals surface area contributed by atoms with E-state index in [2.05, 4.69) is 24.1 Å². The van der Waals surface area contributed by atoms with E-state index in [1.807, 2.05) is 19.9 Å². The predicted molar refractivity (Wildman–Crippen MR) is 67.3 cm³/mol. The molecule has 1 saturated heterocycles. The number of carbonyl (C=O) groups is 1. The first-order valence-electron chi connectivity index (χ1n) is 6.22. The first kappa shape index (κ1) is 13.2. The van der Waals surface area contributed by atoms with Gasteiger partial charge in [0.15, 0.2) is 0 Å². The second kappa shape index (κ2) is 6.04. The van der Waals surface area contributed by atoms with Crippen molar-refractivity contribution < 1.29 is 4.79 Å². The van der Waals surface area contributed by atoms with E-state index in [4.69, 9.17) is 0 Å². The van der Waals surface area contributed by atoms with Crippen LogP contribution >= 0.6 is 0 Å². The maximum absolute atomic E-state index is 11.7. The average Bonchev–Trinajstić information content (AvgIpc) is 2.28. The highest BCUT2D eigenvalue weighted by atomic mass is 16.1. The monoisotopic (exact) mass is 224 g/mol. The Morgan fingerprint density at radius 1 is 1.38 bits per heavy atom. The first-order chi connectivity index (χ1) is 7.54. The molecule has 16 heavy (non-hydrogen) atoms. The van der Waals surface area contributed by atoms with Gasteiger partial charge in [0, 0.05) is 30.7 Å². The Morgan fingerprint density at radius 2 is 1.94 bits per heavy atom. The molecule has 0 aromatic heterocycles. The normalized spacial score (nSPS) is 20.2. The van der Waals surface area contributed by atoms with Crippen LogP contribution in [0.25, 0.3) is 0 Å². The third kappa shape index (κ3) is 3.63. The van der Waals surface area contributed by atoms with Crippen LogP contribution in [0.3, 0.4) is 0 Å². The number of rotatable bonds is 3. The second-order valence-corrected chi connectivity index (χ2v) is 4.85. The minimum absolute atomic E-state index is 0.0884. The summed E-state index contributed by atoms with van der Waals surface area (Å²) in [6, 6.07) is 0.978. The van der Waals surface area contributed by atoms with E-state index in [-0.39, 0.29) is 5.91 Å². The first-order valence-corrected chi connectivity index (χ1v) is 6.22. The van der Waals surface area contributed by atoms with Crippen LogP contribution in [-0.2, 0) is 4.79 Å². The van der Waals surface area contributed by atoms with E-state index in [1.54, 1.807) is 0 Å². The number of allylic oxidation sites excluding steroid dienone is 1. The number of likely N-dealkylation sites (tertiary alicyclic amines) is 1.